The first-order valence-electron chi connectivity index (χ1n) is 6.38. The van der Waals surface area contributed by atoms with Crippen LogP contribution in [0.3, 0.4) is 0 Å². The van der Waals surface area contributed by atoms with Gasteiger partial charge in [-0.15, -0.1) is 0 Å². The van der Waals surface area contributed by atoms with Gasteiger partial charge in [-0.25, -0.2) is 0 Å². The van der Waals surface area contributed by atoms with Gasteiger partial charge in [0, 0.05) is 38.8 Å². The molecule has 1 saturated heterocycles. The summed E-state index contributed by atoms with van der Waals surface area (Å²) in [7, 11) is 0. The van der Waals surface area contributed by atoms with E-state index in [0.29, 0.717) is 13.1 Å². The van der Waals surface area contributed by atoms with Crippen molar-refractivity contribution in [1.82, 2.24) is 4.90 Å². The molecule has 0 unspecified atom stereocenters. The lowest BCUT2D eigenvalue weighted by Crippen LogP contribution is -2.49. The van der Waals surface area contributed by atoms with E-state index in [2.05, 4.69) is 17.0 Å². The number of rotatable bonds is 3. The number of anilines is 1. The molecule has 0 radical (unpaired) electrons. The standard InChI is InChI=1S/C14H18N2O3/c1-12(17)19-11-14(18)16-9-7-15(8-10-16)13-5-3-2-4-6-13/h2-6H,7-11H2,1H3. The molecule has 102 valence electrons. The zero-order chi connectivity index (χ0) is 13.7. The number of para-hydroxylation sites is 1. The van der Waals surface area contributed by atoms with E-state index in [9.17, 15) is 9.59 Å². The Kier molecular flexibility index (Phi) is 4.39. The highest BCUT2D eigenvalue weighted by atomic mass is 16.5. The minimum atomic E-state index is -0.420. The molecule has 0 aromatic heterocycles. The van der Waals surface area contributed by atoms with Crippen molar-refractivity contribution >= 4 is 17.6 Å². The molecule has 0 N–H and O–H groups in total. The van der Waals surface area contributed by atoms with Crippen LogP contribution in [0.5, 0.6) is 0 Å². The van der Waals surface area contributed by atoms with E-state index < -0.39 is 5.97 Å². The van der Waals surface area contributed by atoms with Gasteiger partial charge >= 0.3 is 5.97 Å². The molecule has 1 aromatic carbocycles. The number of hydrogen-bond acceptors (Lipinski definition) is 4. The van der Waals surface area contributed by atoms with Gasteiger partial charge in [0.2, 0.25) is 0 Å². The van der Waals surface area contributed by atoms with Crippen LogP contribution in [0.15, 0.2) is 30.3 Å². The molecule has 0 atom stereocenters. The van der Waals surface area contributed by atoms with Gasteiger partial charge in [-0.2, -0.15) is 0 Å². The first-order valence-corrected chi connectivity index (χ1v) is 6.38. The van der Waals surface area contributed by atoms with Crippen LogP contribution in [0.2, 0.25) is 0 Å². The van der Waals surface area contributed by atoms with Crippen LogP contribution >= 0.6 is 0 Å². The van der Waals surface area contributed by atoms with E-state index >= 15 is 0 Å². The van der Waals surface area contributed by atoms with Gasteiger partial charge in [0.1, 0.15) is 0 Å². The number of ether oxygens (including phenoxy) is 1. The summed E-state index contributed by atoms with van der Waals surface area (Å²) in [4.78, 5) is 26.4. The molecule has 0 bridgehead atoms. The number of benzene rings is 1. The Morgan fingerprint density at radius 2 is 1.74 bits per heavy atom. The van der Waals surface area contributed by atoms with Crippen molar-refractivity contribution in [2.75, 3.05) is 37.7 Å². The topological polar surface area (TPSA) is 49.9 Å². The summed E-state index contributed by atoms with van der Waals surface area (Å²) >= 11 is 0. The highest BCUT2D eigenvalue weighted by Gasteiger charge is 2.21. The van der Waals surface area contributed by atoms with Crippen molar-refractivity contribution in [3.63, 3.8) is 0 Å². The van der Waals surface area contributed by atoms with E-state index in [1.54, 1.807) is 4.90 Å². The molecule has 2 rings (SSSR count). The Morgan fingerprint density at radius 1 is 1.11 bits per heavy atom. The van der Waals surface area contributed by atoms with Crippen LogP contribution in [0.1, 0.15) is 6.92 Å². The highest BCUT2D eigenvalue weighted by molar-refractivity contribution is 5.80. The van der Waals surface area contributed by atoms with Crippen molar-refractivity contribution in [2.45, 2.75) is 6.92 Å². The van der Waals surface area contributed by atoms with E-state index in [-0.39, 0.29) is 12.5 Å². The lowest BCUT2D eigenvalue weighted by molar-refractivity contribution is -0.150. The fourth-order valence-corrected chi connectivity index (χ4v) is 2.11. The summed E-state index contributed by atoms with van der Waals surface area (Å²) in [6.45, 7) is 4.08. The fraction of sp³-hybridized carbons (Fsp3) is 0.429. The molecule has 0 saturated carbocycles. The summed E-state index contributed by atoms with van der Waals surface area (Å²) in [5.41, 5.74) is 1.18. The van der Waals surface area contributed by atoms with Gasteiger partial charge < -0.3 is 14.5 Å². The lowest BCUT2D eigenvalue weighted by atomic mass is 10.2. The second-order valence-electron chi connectivity index (χ2n) is 4.48. The van der Waals surface area contributed by atoms with E-state index in [0.717, 1.165) is 13.1 Å². The molecule has 1 aliphatic rings. The number of piperazine rings is 1. The van der Waals surface area contributed by atoms with Gasteiger partial charge in [-0.05, 0) is 12.1 Å². The lowest BCUT2D eigenvalue weighted by Gasteiger charge is -2.36. The fourth-order valence-electron chi connectivity index (χ4n) is 2.11. The molecule has 5 nitrogen and oxygen atoms in total. The molecular formula is C14H18N2O3. The van der Waals surface area contributed by atoms with Crippen molar-refractivity contribution in [3.8, 4) is 0 Å². The number of amides is 1. The minimum Gasteiger partial charge on any atom is -0.456 e. The van der Waals surface area contributed by atoms with Crippen molar-refractivity contribution < 1.29 is 14.3 Å². The van der Waals surface area contributed by atoms with Gasteiger partial charge in [0.05, 0.1) is 0 Å². The van der Waals surface area contributed by atoms with Crippen LogP contribution in [0.4, 0.5) is 5.69 Å². The average Bonchev–Trinajstić information content (AvgIpc) is 2.46. The van der Waals surface area contributed by atoms with Crippen LogP contribution in [-0.2, 0) is 14.3 Å². The molecule has 1 heterocycles. The Bertz CT molecular complexity index is 439. The predicted molar refractivity (Wildman–Crippen MR) is 71.9 cm³/mol. The molecule has 19 heavy (non-hydrogen) atoms. The maximum atomic E-state index is 11.8. The summed E-state index contributed by atoms with van der Waals surface area (Å²) in [6, 6.07) is 10.1. The Balaban J connectivity index is 1.82. The van der Waals surface area contributed by atoms with Crippen LogP contribution in [-0.4, -0.2) is 49.6 Å². The van der Waals surface area contributed by atoms with Crippen molar-refractivity contribution in [3.05, 3.63) is 30.3 Å². The predicted octanol–water partition coefficient (Wildman–Crippen LogP) is 0.898. The van der Waals surface area contributed by atoms with Crippen molar-refractivity contribution in [1.29, 1.82) is 0 Å². The van der Waals surface area contributed by atoms with E-state index in [1.807, 2.05) is 18.2 Å². The molecule has 1 fully saturated rings. The van der Waals surface area contributed by atoms with Crippen LogP contribution in [0.25, 0.3) is 0 Å². The monoisotopic (exact) mass is 262 g/mol. The molecule has 5 heteroatoms. The van der Waals surface area contributed by atoms with E-state index in [4.69, 9.17) is 4.74 Å². The molecular weight excluding hydrogens is 244 g/mol. The maximum absolute atomic E-state index is 11.8. The third kappa shape index (κ3) is 3.71. The van der Waals surface area contributed by atoms with Gasteiger partial charge in [-0.1, -0.05) is 18.2 Å². The number of nitrogens with zero attached hydrogens (tertiary/aromatic N) is 2. The number of hydrogen-bond donors (Lipinski definition) is 0. The average molecular weight is 262 g/mol. The molecule has 1 aromatic rings. The summed E-state index contributed by atoms with van der Waals surface area (Å²) in [6.07, 6.45) is 0. The maximum Gasteiger partial charge on any atom is 0.303 e. The Morgan fingerprint density at radius 3 is 2.32 bits per heavy atom. The number of carbonyl (C=O) groups is 2. The third-order valence-electron chi connectivity index (χ3n) is 3.15. The highest BCUT2D eigenvalue weighted by Crippen LogP contribution is 2.15. The van der Waals surface area contributed by atoms with Gasteiger partial charge in [0.15, 0.2) is 6.61 Å². The third-order valence-corrected chi connectivity index (χ3v) is 3.15. The Labute approximate surface area is 112 Å². The largest absolute Gasteiger partial charge is 0.456 e. The Hall–Kier alpha value is -2.04. The zero-order valence-corrected chi connectivity index (χ0v) is 11.0. The van der Waals surface area contributed by atoms with Crippen LogP contribution in [0, 0.1) is 0 Å². The van der Waals surface area contributed by atoms with Gasteiger partial charge in [-0.3, -0.25) is 9.59 Å². The van der Waals surface area contributed by atoms with Crippen LogP contribution < -0.4 is 4.90 Å². The first kappa shape index (κ1) is 13.4. The minimum absolute atomic E-state index is 0.122. The normalized spacial score (nSPS) is 15.2. The van der Waals surface area contributed by atoms with E-state index in [1.165, 1.54) is 12.6 Å². The quantitative estimate of drug-likeness (QED) is 0.759. The number of carbonyl (C=O) groups excluding carboxylic acids is 2. The molecule has 1 aliphatic heterocycles. The first-order chi connectivity index (χ1) is 9.16. The second kappa shape index (κ2) is 6.22. The number of esters is 1. The summed E-state index contributed by atoms with van der Waals surface area (Å²) < 4.78 is 4.72. The van der Waals surface area contributed by atoms with Gasteiger partial charge in [0.25, 0.3) is 5.91 Å². The summed E-state index contributed by atoms with van der Waals surface area (Å²) in [5.74, 6) is -0.542. The second-order valence-corrected chi connectivity index (χ2v) is 4.48. The zero-order valence-electron chi connectivity index (χ0n) is 11.0. The summed E-state index contributed by atoms with van der Waals surface area (Å²) in [5, 5.41) is 0. The molecule has 0 spiro atoms. The molecule has 0 aliphatic carbocycles. The van der Waals surface area contributed by atoms with Crippen molar-refractivity contribution in [2.24, 2.45) is 0 Å². The molecule has 1 amide bonds. The smallest absolute Gasteiger partial charge is 0.303 e. The SMILES string of the molecule is CC(=O)OCC(=O)N1CCN(c2ccccc2)CC1.